The van der Waals surface area contributed by atoms with Gasteiger partial charge in [0.2, 0.25) is 0 Å². The lowest BCUT2D eigenvalue weighted by atomic mass is 9.47. The molecule has 6 unspecified atom stereocenters. The second-order valence-electron chi connectivity index (χ2n) is 14.0. The van der Waals surface area contributed by atoms with Crippen LogP contribution in [0.5, 0.6) is 0 Å². The molecule has 4 rings (SSSR count). The Hall–Kier alpha value is -1.40. The van der Waals surface area contributed by atoms with Gasteiger partial charge >= 0.3 is 11.9 Å². The Bertz CT molecular complexity index is 854. The van der Waals surface area contributed by atoms with Crippen LogP contribution in [-0.2, 0) is 14.3 Å². The highest BCUT2D eigenvalue weighted by molar-refractivity contribution is 5.72. The zero-order valence-electron chi connectivity index (χ0n) is 24.4. The lowest BCUT2D eigenvalue weighted by Gasteiger charge is -2.58. The first-order valence-electron chi connectivity index (χ1n) is 15.5. The average molecular weight is 532 g/mol. The predicted molar refractivity (Wildman–Crippen MR) is 150 cm³/mol. The third kappa shape index (κ3) is 6.49. The summed E-state index contributed by atoms with van der Waals surface area (Å²) in [5.74, 6) is 2.24. The molecule has 0 heterocycles. The molecule has 0 aliphatic heterocycles. The molecule has 0 bridgehead atoms. The number of allylic oxidation sites excluding steroid dienone is 1. The van der Waals surface area contributed by atoms with Gasteiger partial charge in [-0.1, -0.05) is 58.6 Å². The lowest BCUT2D eigenvalue weighted by molar-refractivity contribution is -0.142. The van der Waals surface area contributed by atoms with E-state index in [4.69, 9.17) is 14.9 Å². The Morgan fingerprint density at radius 1 is 1.03 bits per heavy atom. The summed E-state index contributed by atoms with van der Waals surface area (Å²) in [5.41, 5.74) is 2.42. The minimum atomic E-state index is -1.01. The minimum Gasteiger partial charge on any atom is -0.480 e. The molecule has 6 heteroatoms. The number of nitrogens with zero attached hydrogens (tertiary/aromatic N) is 1. The fourth-order valence-electron chi connectivity index (χ4n) is 9.24. The molecule has 0 spiro atoms. The van der Waals surface area contributed by atoms with E-state index >= 15 is 0 Å². The quantitative estimate of drug-likeness (QED) is 0.205. The Balaban J connectivity index is 1.32. The van der Waals surface area contributed by atoms with E-state index in [0.717, 1.165) is 42.4 Å². The van der Waals surface area contributed by atoms with Gasteiger partial charge in [0.25, 0.3) is 0 Å². The molecule has 0 aromatic carbocycles. The number of unbranched alkanes of at least 4 members (excludes halogenated alkanes) is 1. The largest absolute Gasteiger partial charge is 0.480 e. The molecule has 2 N–H and O–H groups in total. The highest BCUT2D eigenvalue weighted by Gasteiger charge is 2.58. The maximum Gasteiger partial charge on any atom is 0.317 e. The maximum atomic E-state index is 11.1. The monoisotopic (exact) mass is 531 g/mol. The van der Waals surface area contributed by atoms with Crippen molar-refractivity contribution in [2.45, 2.75) is 111 Å². The molecular weight excluding hydrogens is 478 g/mol. The van der Waals surface area contributed by atoms with Gasteiger partial charge in [0.1, 0.15) is 0 Å². The fraction of sp³-hybridized carbons (Fsp3) is 0.875. The van der Waals surface area contributed by atoms with Gasteiger partial charge in [-0.25, -0.2) is 0 Å². The number of ether oxygens (including phenoxy) is 1. The fourth-order valence-corrected chi connectivity index (χ4v) is 9.24. The molecule has 6 nitrogen and oxygen atoms in total. The number of aliphatic carboxylic acids is 2. The van der Waals surface area contributed by atoms with Crippen molar-refractivity contribution in [3.63, 3.8) is 0 Å². The van der Waals surface area contributed by atoms with Crippen molar-refractivity contribution in [1.82, 2.24) is 4.90 Å². The first-order chi connectivity index (χ1) is 18.0. The van der Waals surface area contributed by atoms with Gasteiger partial charge in [0, 0.05) is 6.54 Å². The SMILES string of the molecule is CC(C)CCCC[C@H]1CCC2C3CC=C4CC(OCCN(CC(=O)O)CC(=O)O)CCC4(C)C3CCC21C. The molecule has 0 aromatic rings. The first-order valence-corrected chi connectivity index (χ1v) is 15.5. The summed E-state index contributed by atoms with van der Waals surface area (Å²) < 4.78 is 6.20. The summed E-state index contributed by atoms with van der Waals surface area (Å²) >= 11 is 0. The molecular formula is C32H53NO5. The van der Waals surface area contributed by atoms with E-state index in [1.807, 2.05) is 0 Å². The normalized spacial score (nSPS) is 36.5. The van der Waals surface area contributed by atoms with Gasteiger partial charge in [-0.15, -0.1) is 0 Å². The van der Waals surface area contributed by atoms with Crippen molar-refractivity contribution in [2.24, 2.45) is 40.4 Å². The van der Waals surface area contributed by atoms with Crippen LogP contribution in [0.2, 0.25) is 0 Å². The first kappa shape index (κ1) is 29.6. The number of carboxylic acids is 2. The third-order valence-electron chi connectivity index (χ3n) is 11.3. The van der Waals surface area contributed by atoms with Crippen LogP contribution in [0.15, 0.2) is 11.6 Å². The van der Waals surface area contributed by atoms with E-state index in [1.54, 1.807) is 5.57 Å². The van der Waals surface area contributed by atoms with Crippen LogP contribution in [0.1, 0.15) is 105 Å². The van der Waals surface area contributed by atoms with Crippen LogP contribution >= 0.6 is 0 Å². The van der Waals surface area contributed by atoms with Crippen molar-refractivity contribution in [3.8, 4) is 0 Å². The van der Waals surface area contributed by atoms with Crippen LogP contribution in [0.25, 0.3) is 0 Å². The van der Waals surface area contributed by atoms with E-state index < -0.39 is 11.9 Å². The zero-order chi connectivity index (χ0) is 27.5. The van der Waals surface area contributed by atoms with Crippen molar-refractivity contribution in [1.29, 1.82) is 0 Å². The Morgan fingerprint density at radius 2 is 1.76 bits per heavy atom. The predicted octanol–water partition coefficient (Wildman–Crippen LogP) is 6.64. The molecule has 3 saturated carbocycles. The highest BCUT2D eigenvalue weighted by Crippen LogP contribution is 2.66. The molecule has 4 aliphatic carbocycles. The summed E-state index contributed by atoms with van der Waals surface area (Å²) in [6.07, 6.45) is 18.4. The maximum absolute atomic E-state index is 11.1. The number of hydrogen-bond donors (Lipinski definition) is 2. The Kier molecular flexibility index (Phi) is 9.66. The van der Waals surface area contributed by atoms with Gasteiger partial charge < -0.3 is 14.9 Å². The van der Waals surface area contributed by atoms with Crippen LogP contribution in [0.4, 0.5) is 0 Å². The standard InChI is InChI=1S/C32H53NO5/c1-22(2)7-5-6-8-23-10-12-27-26-11-9-24-19-25(38-18-17-33(20-29(34)35)21-30(36)37)13-15-32(24,4)28(26)14-16-31(23,27)3/h9,22-23,25-28H,5-8,10-21H2,1-4H3,(H,34,35)(H,36,37)/t23-,25?,26?,27?,28?,31?,32?/m0/s1. The Morgan fingerprint density at radius 3 is 2.45 bits per heavy atom. The van der Waals surface area contributed by atoms with Crippen molar-refractivity contribution in [3.05, 3.63) is 11.6 Å². The van der Waals surface area contributed by atoms with Gasteiger partial charge in [-0.2, -0.15) is 0 Å². The smallest absolute Gasteiger partial charge is 0.317 e. The molecule has 4 aliphatic rings. The van der Waals surface area contributed by atoms with Gasteiger partial charge in [-0.3, -0.25) is 14.5 Å². The molecule has 0 amide bonds. The highest BCUT2D eigenvalue weighted by atomic mass is 16.5. The Labute approximate surface area is 230 Å². The van der Waals surface area contributed by atoms with Crippen molar-refractivity contribution < 1.29 is 24.5 Å². The third-order valence-corrected chi connectivity index (χ3v) is 11.3. The second kappa shape index (κ2) is 12.4. The molecule has 7 atom stereocenters. The second-order valence-corrected chi connectivity index (χ2v) is 14.0. The van der Waals surface area contributed by atoms with E-state index in [2.05, 4.69) is 33.8 Å². The van der Waals surface area contributed by atoms with Crippen molar-refractivity contribution >= 4 is 11.9 Å². The zero-order valence-corrected chi connectivity index (χ0v) is 24.4. The number of carboxylic acid groups (broad SMARTS) is 2. The lowest BCUT2D eigenvalue weighted by Crippen LogP contribution is -2.50. The summed E-state index contributed by atoms with van der Waals surface area (Å²) in [6, 6.07) is 0. The van der Waals surface area contributed by atoms with Gasteiger partial charge in [0.05, 0.1) is 25.8 Å². The topological polar surface area (TPSA) is 87.1 Å². The van der Waals surface area contributed by atoms with Crippen LogP contribution in [0.3, 0.4) is 0 Å². The molecule has 0 aromatic heterocycles. The molecule has 0 radical (unpaired) electrons. The molecule has 216 valence electrons. The molecule has 3 fully saturated rings. The number of hydrogen-bond acceptors (Lipinski definition) is 4. The van der Waals surface area contributed by atoms with Gasteiger partial charge in [-0.05, 0) is 98.2 Å². The average Bonchev–Trinajstić information content (AvgIpc) is 3.17. The van der Waals surface area contributed by atoms with Crippen LogP contribution in [0, 0.1) is 40.4 Å². The minimum absolute atomic E-state index is 0.151. The number of carbonyl (C=O) groups is 2. The van der Waals surface area contributed by atoms with Gasteiger partial charge in [0.15, 0.2) is 0 Å². The molecule has 38 heavy (non-hydrogen) atoms. The van der Waals surface area contributed by atoms with E-state index in [0.29, 0.717) is 18.6 Å². The molecule has 0 saturated heterocycles. The van der Waals surface area contributed by atoms with E-state index in [9.17, 15) is 9.59 Å². The number of fused-ring (bicyclic) bond motifs is 5. The summed E-state index contributed by atoms with van der Waals surface area (Å²) in [7, 11) is 0. The summed E-state index contributed by atoms with van der Waals surface area (Å²) in [5, 5.41) is 18.1. The summed E-state index contributed by atoms with van der Waals surface area (Å²) in [4.78, 5) is 23.6. The van der Waals surface area contributed by atoms with E-state index in [-0.39, 0.29) is 24.6 Å². The van der Waals surface area contributed by atoms with Crippen LogP contribution < -0.4 is 0 Å². The van der Waals surface area contributed by atoms with Crippen molar-refractivity contribution in [2.75, 3.05) is 26.2 Å². The van der Waals surface area contributed by atoms with Crippen LogP contribution in [-0.4, -0.2) is 59.4 Å². The number of rotatable bonds is 13. The summed E-state index contributed by atoms with van der Waals surface area (Å²) in [6.45, 7) is 10.0. The van der Waals surface area contributed by atoms with E-state index in [1.165, 1.54) is 69.1 Å².